The molecule has 3 aliphatic heterocycles. The highest BCUT2D eigenvalue weighted by Gasteiger charge is 2.64. The molecule has 2 N–H and O–H groups in total. The molecule has 4 rings (SSSR count). The van der Waals surface area contributed by atoms with E-state index in [1.807, 2.05) is 26.0 Å². The third-order valence-electron chi connectivity index (χ3n) is 10.6. The third kappa shape index (κ3) is 9.17. The number of likely N-dealkylation sites (N-methyl/N-ethyl adjacent to an activating group) is 1. The van der Waals surface area contributed by atoms with Crippen molar-refractivity contribution in [2.75, 3.05) is 46.8 Å². The summed E-state index contributed by atoms with van der Waals surface area (Å²) in [5.74, 6) is -2.02. The Hall–Kier alpha value is -3.49. The Labute approximate surface area is 311 Å². The molecule has 3 heterocycles. The summed E-state index contributed by atoms with van der Waals surface area (Å²) in [6.45, 7) is 7.73. The number of esters is 2. The van der Waals surface area contributed by atoms with Crippen LogP contribution >= 0.6 is 11.6 Å². The minimum absolute atomic E-state index is 0.0646. The lowest BCUT2D eigenvalue weighted by Crippen LogP contribution is -2.53. The quantitative estimate of drug-likeness (QED) is 0.216. The van der Waals surface area contributed by atoms with E-state index in [4.69, 9.17) is 35.3 Å². The van der Waals surface area contributed by atoms with Crippen LogP contribution < -0.4 is 15.0 Å². The molecule has 0 spiro atoms. The van der Waals surface area contributed by atoms with Gasteiger partial charge in [-0.1, -0.05) is 42.3 Å². The number of hydrogen-bond donors (Lipinski definition) is 2. The number of amides is 2. The van der Waals surface area contributed by atoms with Gasteiger partial charge in [0.15, 0.2) is 0 Å². The van der Waals surface area contributed by atoms with Crippen LogP contribution in [0.2, 0.25) is 5.02 Å². The summed E-state index contributed by atoms with van der Waals surface area (Å²) in [6, 6.07) is 2.66. The van der Waals surface area contributed by atoms with Crippen molar-refractivity contribution in [1.29, 1.82) is 0 Å². The van der Waals surface area contributed by atoms with Crippen molar-refractivity contribution in [3.8, 4) is 5.75 Å². The van der Waals surface area contributed by atoms with Crippen LogP contribution in [-0.2, 0) is 44.5 Å². The first-order chi connectivity index (χ1) is 24.5. The molecule has 1 aromatic carbocycles. The van der Waals surface area contributed by atoms with Crippen molar-refractivity contribution in [3.05, 3.63) is 46.5 Å². The summed E-state index contributed by atoms with van der Waals surface area (Å²) in [4.78, 5) is 56.3. The van der Waals surface area contributed by atoms with Gasteiger partial charge in [0.2, 0.25) is 11.8 Å². The van der Waals surface area contributed by atoms with Crippen LogP contribution in [0.15, 0.2) is 35.9 Å². The van der Waals surface area contributed by atoms with Crippen LogP contribution in [-0.4, -0.2) is 117 Å². The highest BCUT2D eigenvalue weighted by atomic mass is 35.5. The van der Waals surface area contributed by atoms with Gasteiger partial charge in [-0.25, -0.2) is 4.79 Å². The monoisotopic (exact) mass is 747 g/mol. The molecule has 8 atom stereocenters. The maximum atomic E-state index is 14.1. The number of carbonyl (C=O) groups excluding carboxylic acids is 4. The second kappa shape index (κ2) is 17.1. The lowest BCUT2D eigenvalue weighted by molar-refractivity contribution is -0.187. The van der Waals surface area contributed by atoms with Crippen LogP contribution in [0.25, 0.3) is 0 Å². The molecule has 0 saturated carbocycles. The van der Waals surface area contributed by atoms with E-state index in [9.17, 15) is 24.3 Å². The van der Waals surface area contributed by atoms with Crippen molar-refractivity contribution in [2.24, 2.45) is 5.92 Å². The molecule has 0 radical (unpaired) electrons. The van der Waals surface area contributed by atoms with Crippen LogP contribution in [0.5, 0.6) is 5.75 Å². The van der Waals surface area contributed by atoms with Gasteiger partial charge in [-0.15, -0.1) is 0 Å². The first-order valence-corrected chi connectivity index (χ1v) is 18.1. The normalized spacial score (nSPS) is 31.7. The van der Waals surface area contributed by atoms with Crippen molar-refractivity contribution >= 4 is 41.0 Å². The fraction of sp³-hybridized carbons (Fsp3) is 0.632. The van der Waals surface area contributed by atoms with E-state index >= 15 is 0 Å². The molecule has 0 aromatic heterocycles. The predicted octanol–water partition coefficient (Wildman–Crippen LogP) is 3.76. The lowest BCUT2D eigenvalue weighted by Gasteiger charge is -2.41. The van der Waals surface area contributed by atoms with Gasteiger partial charge in [0.1, 0.15) is 46.3 Å². The van der Waals surface area contributed by atoms with E-state index in [0.717, 1.165) is 11.1 Å². The van der Waals surface area contributed by atoms with Crippen molar-refractivity contribution in [2.45, 2.75) is 108 Å². The number of ether oxygens (including phenoxy) is 5. The Morgan fingerprint density at radius 1 is 1.25 bits per heavy atom. The van der Waals surface area contributed by atoms with Crippen LogP contribution in [0.4, 0.5) is 5.69 Å². The van der Waals surface area contributed by atoms with E-state index in [1.165, 1.54) is 24.0 Å². The summed E-state index contributed by atoms with van der Waals surface area (Å²) >= 11 is 6.76. The minimum atomic E-state index is -1.57. The fourth-order valence-corrected chi connectivity index (χ4v) is 7.38. The average molecular weight is 748 g/mol. The van der Waals surface area contributed by atoms with Gasteiger partial charge in [0.25, 0.3) is 0 Å². The molecule has 2 amide bonds. The molecule has 13 nitrogen and oxygen atoms in total. The summed E-state index contributed by atoms with van der Waals surface area (Å²) in [6.07, 6.45) is 2.88. The van der Waals surface area contributed by atoms with E-state index < -0.39 is 65.4 Å². The first kappa shape index (κ1) is 41.3. The number of epoxide rings is 1. The van der Waals surface area contributed by atoms with Gasteiger partial charge in [0.05, 0.1) is 31.7 Å². The Morgan fingerprint density at radius 3 is 2.62 bits per heavy atom. The van der Waals surface area contributed by atoms with E-state index in [0.29, 0.717) is 30.8 Å². The number of hydrogen-bond acceptors (Lipinski definition) is 11. The van der Waals surface area contributed by atoms with Crippen molar-refractivity contribution < 1.29 is 48.0 Å². The number of rotatable bonds is 9. The average Bonchev–Trinajstić information content (AvgIpc) is 3.80. The molecule has 52 heavy (non-hydrogen) atoms. The Bertz CT molecular complexity index is 1570. The SMILES string of the molecule is CNCCCC(=O)N(C)[C@@H](C)C(=O)O[C@H]1CC(=O)N(C)c2cc(cc(OC)c2Cl)C/C(C)=C/C=C/[C@@H](OC)[C@]2(O)CC(=O)O[C@@H](C2)[C@@H](C)[C@@H]2O[C@@]12C. The smallest absolute Gasteiger partial charge is 0.328 e. The number of carbonyl (C=O) groups is 4. The zero-order valence-electron chi connectivity index (χ0n) is 31.7. The van der Waals surface area contributed by atoms with Gasteiger partial charge in [-0.05, 0) is 64.9 Å². The van der Waals surface area contributed by atoms with Gasteiger partial charge in [0, 0.05) is 40.0 Å². The highest BCUT2D eigenvalue weighted by molar-refractivity contribution is 6.35. The second-order valence-corrected chi connectivity index (χ2v) is 14.8. The number of anilines is 1. The molecule has 1 aromatic rings. The zero-order chi connectivity index (χ0) is 38.5. The van der Waals surface area contributed by atoms with Crippen molar-refractivity contribution in [3.63, 3.8) is 0 Å². The summed E-state index contributed by atoms with van der Waals surface area (Å²) in [5.41, 5.74) is -0.580. The molecule has 0 aliphatic carbocycles. The number of allylic oxidation sites excluding steroid dienone is 3. The van der Waals surface area contributed by atoms with Crippen LogP contribution in [0, 0.1) is 5.92 Å². The maximum absolute atomic E-state index is 14.1. The molecule has 3 aliphatic rings. The number of aliphatic hydroxyl groups is 1. The van der Waals surface area contributed by atoms with Gasteiger partial charge < -0.3 is 43.9 Å². The maximum Gasteiger partial charge on any atom is 0.328 e. The highest BCUT2D eigenvalue weighted by Crippen LogP contribution is 2.50. The number of methoxy groups -OCH3 is 2. The Balaban J connectivity index is 1.74. The van der Waals surface area contributed by atoms with Gasteiger partial charge >= 0.3 is 11.9 Å². The van der Waals surface area contributed by atoms with E-state index in [2.05, 4.69) is 5.32 Å². The van der Waals surface area contributed by atoms with E-state index in [-0.39, 0.29) is 36.6 Å². The second-order valence-electron chi connectivity index (χ2n) is 14.4. The number of halogens is 1. The minimum Gasteiger partial charge on any atom is -0.495 e. The number of nitrogens with one attached hydrogen (secondary N) is 1. The van der Waals surface area contributed by atoms with Gasteiger partial charge in [-0.2, -0.15) is 0 Å². The molecule has 0 unspecified atom stereocenters. The lowest BCUT2D eigenvalue weighted by atomic mass is 9.78. The van der Waals surface area contributed by atoms with Crippen LogP contribution in [0.1, 0.15) is 65.4 Å². The standard InChI is InChI=1S/C38H54ClN3O10/c1-22-12-10-13-29(49-9)38(47)20-28(50-33(45)21-38)23(2)35-37(4,52-35)30(51-36(46)24(3)41(6)31(43)14-11-15-40-5)19-32(44)42(7)26-17-25(16-22)18-27(48-8)34(26)39/h10,12-13,17-18,23-24,28-30,35,40,47H,11,14-16,19-21H2,1-9H3/b13-10+,22-12+/t23-,24+,28+,29-,30+,35+,37+,38-/m1/s1. The molecule has 288 valence electrons. The predicted molar refractivity (Wildman–Crippen MR) is 195 cm³/mol. The third-order valence-corrected chi connectivity index (χ3v) is 11.0. The van der Waals surface area contributed by atoms with Crippen molar-refractivity contribution in [1.82, 2.24) is 10.2 Å². The zero-order valence-corrected chi connectivity index (χ0v) is 32.5. The van der Waals surface area contributed by atoms with E-state index in [1.54, 1.807) is 53.2 Å². The Kier molecular flexibility index (Phi) is 13.6. The molecular weight excluding hydrogens is 694 g/mol. The molecule has 2 saturated heterocycles. The molecule has 14 heteroatoms. The summed E-state index contributed by atoms with van der Waals surface area (Å²) in [7, 11) is 7.89. The van der Waals surface area contributed by atoms with Crippen LogP contribution in [0.3, 0.4) is 0 Å². The number of fused-ring (bicyclic) bond motifs is 5. The topological polar surface area (TPSA) is 156 Å². The molecule has 4 bridgehead atoms. The summed E-state index contributed by atoms with van der Waals surface area (Å²) in [5, 5.41) is 15.1. The fourth-order valence-electron chi connectivity index (χ4n) is 7.06. The molecular formula is C38H54ClN3O10. The largest absolute Gasteiger partial charge is 0.495 e. The Morgan fingerprint density at radius 2 is 1.96 bits per heavy atom. The number of nitrogens with zero attached hydrogens (tertiary/aromatic N) is 2. The molecule has 2 fully saturated rings. The van der Waals surface area contributed by atoms with Gasteiger partial charge in [-0.3, -0.25) is 14.4 Å². The summed E-state index contributed by atoms with van der Waals surface area (Å²) < 4.78 is 29.4. The number of benzene rings is 1. The first-order valence-electron chi connectivity index (χ1n) is 17.7.